The van der Waals surface area contributed by atoms with E-state index in [2.05, 4.69) is 18.8 Å². The molecule has 1 aliphatic heterocycles. The Hall–Kier alpha value is -2.23. The largest absolute Gasteiger partial charge is 0.310 e. The summed E-state index contributed by atoms with van der Waals surface area (Å²) in [5.74, 6) is -0.111. The molecule has 0 saturated heterocycles. The van der Waals surface area contributed by atoms with Crippen LogP contribution in [0.2, 0.25) is 0 Å². The smallest absolute Gasteiger partial charge is 0.226 e. The van der Waals surface area contributed by atoms with Crippen molar-refractivity contribution in [3.05, 3.63) is 59.2 Å². The summed E-state index contributed by atoms with van der Waals surface area (Å²) < 4.78 is 13.0. The first-order valence-electron chi connectivity index (χ1n) is 7.95. The fourth-order valence-electron chi connectivity index (χ4n) is 3.13. The molecule has 0 saturated carbocycles. The first kappa shape index (κ1) is 15.7. The van der Waals surface area contributed by atoms with Gasteiger partial charge in [-0.15, -0.1) is 0 Å². The lowest BCUT2D eigenvalue weighted by Gasteiger charge is -2.19. The quantitative estimate of drug-likeness (QED) is 0.862. The standard InChI is InChI=1S/C19H21FN2O/c1-4-17(23)22-12-19(2,3)18-16(22)10-14(11-21-18)9-13-5-7-15(20)8-6-13/h5-8,10-11H,4,9,12H2,1-3H3. The molecule has 2 aromatic rings. The summed E-state index contributed by atoms with van der Waals surface area (Å²) in [6.45, 7) is 6.77. The third-order valence-electron chi connectivity index (χ3n) is 4.33. The molecule has 0 aliphatic carbocycles. The SMILES string of the molecule is CCC(=O)N1CC(C)(C)c2ncc(Cc3ccc(F)cc3)cc21. The van der Waals surface area contributed by atoms with Gasteiger partial charge >= 0.3 is 0 Å². The Labute approximate surface area is 136 Å². The van der Waals surface area contributed by atoms with Crippen LogP contribution in [0.5, 0.6) is 0 Å². The van der Waals surface area contributed by atoms with E-state index >= 15 is 0 Å². The zero-order valence-corrected chi connectivity index (χ0v) is 13.8. The van der Waals surface area contributed by atoms with E-state index < -0.39 is 0 Å². The Kier molecular flexibility index (Phi) is 3.92. The average molecular weight is 312 g/mol. The van der Waals surface area contributed by atoms with Crippen molar-refractivity contribution in [2.24, 2.45) is 0 Å². The van der Waals surface area contributed by atoms with Gasteiger partial charge in [-0.2, -0.15) is 0 Å². The molecule has 0 unspecified atom stereocenters. The number of carbonyl (C=O) groups is 1. The monoisotopic (exact) mass is 312 g/mol. The Bertz CT molecular complexity index is 738. The van der Waals surface area contributed by atoms with E-state index in [1.165, 1.54) is 12.1 Å². The van der Waals surface area contributed by atoms with Gasteiger partial charge in [0.2, 0.25) is 5.91 Å². The van der Waals surface area contributed by atoms with E-state index in [9.17, 15) is 9.18 Å². The van der Waals surface area contributed by atoms with Gasteiger partial charge in [0.05, 0.1) is 11.4 Å². The maximum atomic E-state index is 13.0. The molecule has 0 fully saturated rings. The second kappa shape index (κ2) is 5.76. The normalized spacial score (nSPS) is 15.6. The molecule has 4 heteroatoms. The number of anilines is 1. The minimum absolute atomic E-state index is 0.123. The second-order valence-corrected chi connectivity index (χ2v) is 6.73. The van der Waals surface area contributed by atoms with Crippen LogP contribution in [0.3, 0.4) is 0 Å². The van der Waals surface area contributed by atoms with Crippen LogP contribution >= 0.6 is 0 Å². The molecule has 1 aromatic heterocycles. The molecule has 3 rings (SSSR count). The van der Waals surface area contributed by atoms with E-state index in [-0.39, 0.29) is 17.1 Å². The third-order valence-corrected chi connectivity index (χ3v) is 4.33. The highest BCUT2D eigenvalue weighted by molar-refractivity contribution is 5.95. The van der Waals surface area contributed by atoms with Crippen molar-refractivity contribution in [3.63, 3.8) is 0 Å². The van der Waals surface area contributed by atoms with Crippen molar-refractivity contribution in [1.82, 2.24) is 4.98 Å². The number of amides is 1. The van der Waals surface area contributed by atoms with Crippen LogP contribution in [-0.2, 0) is 16.6 Å². The molecule has 0 radical (unpaired) electrons. The third kappa shape index (κ3) is 2.98. The molecule has 1 amide bonds. The number of rotatable bonds is 3. The Balaban J connectivity index is 1.94. The summed E-state index contributed by atoms with van der Waals surface area (Å²) in [5, 5.41) is 0. The lowest BCUT2D eigenvalue weighted by atomic mass is 9.91. The number of hydrogen-bond donors (Lipinski definition) is 0. The number of fused-ring (bicyclic) bond motifs is 1. The van der Waals surface area contributed by atoms with E-state index in [0.717, 1.165) is 22.5 Å². The van der Waals surface area contributed by atoms with Gasteiger partial charge in [-0.3, -0.25) is 9.78 Å². The first-order valence-corrected chi connectivity index (χ1v) is 7.95. The van der Waals surface area contributed by atoms with E-state index in [1.54, 1.807) is 12.1 Å². The van der Waals surface area contributed by atoms with Crippen molar-refractivity contribution in [3.8, 4) is 0 Å². The number of pyridine rings is 1. The minimum Gasteiger partial charge on any atom is -0.310 e. The molecular weight excluding hydrogens is 291 g/mol. The molecule has 0 N–H and O–H groups in total. The van der Waals surface area contributed by atoms with Crippen LogP contribution in [0.25, 0.3) is 0 Å². The van der Waals surface area contributed by atoms with E-state index in [1.807, 2.05) is 24.1 Å². The summed E-state index contributed by atoms with van der Waals surface area (Å²) in [4.78, 5) is 18.7. The summed E-state index contributed by atoms with van der Waals surface area (Å²) in [6.07, 6.45) is 3.02. The summed E-state index contributed by atoms with van der Waals surface area (Å²) in [7, 11) is 0. The molecule has 23 heavy (non-hydrogen) atoms. The number of carbonyl (C=O) groups excluding carboxylic acids is 1. The van der Waals surface area contributed by atoms with E-state index in [4.69, 9.17) is 0 Å². The summed E-state index contributed by atoms with van der Waals surface area (Å²) in [6, 6.07) is 8.54. The minimum atomic E-state index is -0.234. The van der Waals surface area contributed by atoms with Crippen molar-refractivity contribution in [2.75, 3.05) is 11.4 Å². The molecule has 1 aliphatic rings. The summed E-state index contributed by atoms with van der Waals surface area (Å²) in [5.41, 5.74) is 3.82. The number of nitrogens with zero attached hydrogens (tertiary/aromatic N) is 2. The molecule has 2 heterocycles. The fraction of sp³-hybridized carbons (Fsp3) is 0.368. The molecule has 1 aromatic carbocycles. The van der Waals surface area contributed by atoms with Gasteiger partial charge < -0.3 is 4.90 Å². The van der Waals surface area contributed by atoms with Crippen LogP contribution in [0, 0.1) is 5.82 Å². The topological polar surface area (TPSA) is 33.2 Å². The van der Waals surface area contributed by atoms with Gasteiger partial charge in [-0.05, 0) is 35.7 Å². The van der Waals surface area contributed by atoms with Gasteiger partial charge in [-0.1, -0.05) is 32.9 Å². The van der Waals surface area contributed by atoms with Crippen LogP contribution < -0.4 is 4.90 Å². The van der Waals surface area contributed by atoms with Gasteiger partial charge in [0, 0.05) is 24.6 Å². The first-order chi connectivity index (χ1) is 10.9. The Morgan fingerprint density at radius 2 is 1.96 bits per heavy atom. The van der Waals surface area contributed by atoms with Crippen molar-refractivity contribution >= 4 is 11.6 Å². The fourth-order valence-corrected chi connectivity index (χ4v) is 3.13. The zero-order valence-electron chi connectivity index (χ0n) is 13.8. The lowest BCUT2D eigenvalue weighted by molar-refractivity contribution is -0.118. The number of aromatic nitrogens is 1. The molecule has 0 atom stereocenters. The highest BCUT2D eigenvalue weighted by Gasteiger charge is 2.38. The zero-order chi connectivity index (χ0) is 16.6. The van der Waals surface area contributed by atoms with Crippen LogP contribution in [-0.4, -0.2) is 17.4 Å². The van der Waals surface area contributed by atoms with Gasteiger partial charge in [0.25, 0.3) is 0 Å². The molecule has 0 bridgehead atoms. The highest BCUT2D eigenvalue weighted by Crippen LogP contribution is 2.39. The predicted octanol–water partition coefficient (Wildman–Crippen LogP) is 3.85. The predicted molar refractivity (Wildman–Crippen MR) is 89.1 cm³/mol. The maximum absolute atomic E-state index is 13.0. The lowest BCUT2D eigenvalue weighted by Crippen LogP contribution is -2.33. The summed E-state index contributed by atoms with van der Waals surface area (Å²) >= 11 is 0. The number of halogens is 1. The molecule has 0 spiro atoms. The van der Waals surface area contributed by atoms with Crippen LogP contribution in [0.1, 0.15) is 44.0 Å². The van der Waals surface area contributed by atoms with Crippen molar-refractivity contribution < 1.29 is 9.18 Å². The Morgan fingerprint density at radius 3 is 2.61 bits per heavy atom. The number of hydrogen-bond acceptors (Lipinski definition) is 2. The van der Waals surface area contributed by atoms with Crippen LogP contribution in [0.4, 0.5) is 10.1 Å². The van der Waals surface area contributed by atoms with E-state index in [0.29, 0.717) is 19.4 Å². The second-order valence-electron chi connectivity index (χ2n) is 6.73. The van der Waals surface area contributed by atoms with Gasteiger partial charge in [0.1, 0.15) is 5.82 Å². The highest BCUT2D eigenvalue weighted by atomic mass is 19.1. The van der Waals surface area contributed by atoms with Gasteiger partial charge in [-0.25, -0.2) is 4.39 Å². The average Bonchev–Trinajstić information content (AvgIpc) is 2.80. The molecule has 120 valence electrons. The molecular formula is C19H21FN2O. The maximum Gasteiger partial charge on any atom is 0.226 e. The molecule has 3 nitrogen and oxygen atoms in total. The van der Waals surface area contributed by atoms with Crippen molar-refractivity contribution in [2.45, 2.75) is 39.0 Å². The Morgan fingerprint density at radius 1 is 1.26 bits per heavy atom. The number of benzene rings is 1. The van der Waals surface area contributed by atoms with Gasteiger partial charge in [0.15, 0.2) is 0 Å². The van der Waals surface area contributed by atoms with Crippen molar-refractivity contribution in [1.29, 1.82) is 0 Å². The van der Waals surface area contributed by atoms with Crippen LogP contribution in [0.15, 0.2) is 36.5 Å².